The molecule has 1 amide bonds. The number of amides is 1. The van der Waals surface area contributed by atoms with Crippen molar-refractivity contribution in [3.05, 3.63) is 35.4 Å². The van der Waals surface area contributed by atoms with Crippen LogP contribution in [-0.4, -0.2) is 22.0 Å². The van der Waals surface area contributed by atoms with Crippen molar-refractivity contribution in [3.8, 4) is 0 Å². The van der Waals surface area contributed by atoms with E-state index in [0.29, 0.717) is 5.17 Å². The molecule has 1 aliphatic carbocycles. The standard InChI is InChI=1S/C14H15N3OS/c1-9-13(18)15-14(19-9)17-16-12-8-4-6-10-5-2-3-7-11(10)12/h2-3,5,7,9H,4,6,8H2,1H3,(H,15,17,18)/t9-/m0/s1. The van der Waals surface area contributed by atoms with Gasteiger partial charge in [-0.25, -0.2) is 0 Å². The van der Waals surface area contributed by atoms with Crippen LogP contribution in [0.4, 0.5) is 0 Å². The van der Waals surface area contributed by atoms with Gasteiger partial charge in [0.15, 0.2) is 5.17 Å². The molecule has 1 saturated heterocycles. The molecule has 1 aliphatic heterocycles. The van der Waals surface area contributed by atoms with E-state index in [1.165, 1.54) is 22.9 Å². The molecule has 3 rings (SSSR count). The molecule has 4 nitrogen and oxygen atoms in total. The number of aryl methyl sites for hydroxylation is 1. The van der Waals surface area contributed by atoms with Gasteiger partial charge < -0.3 is 5.32 Å². The summed E-state index contributed by atoms with van der Waals surface area (Å²) in [5, 5.41) is 11.8. The van der Waals surface area contributed by atoms with Crippen molar-refractivity contribution < 1.29 is 4.79 Å². The molecule has 1 N–H and O–H groups in total. The highest BCUT2D eigenvalue weighted by Gasteiger charge is 2.26. The van der Waals surface area contributed by atoms with E-state index in [9.17, 15) is 4.79 Å². The minimum Gasteiger partial charge on any atom is -0.303 e. The molecular formula is C14H15N3OS. The SMILES string of the molecule is C[C@@H]1S/C(=N\N=C2CCCc3ccccc32)NC1=O. The molecule has 19 heavy (non-hydrogen) atoms. The predicted octanol–water partition coefficient (Wildman–Crippen LogP) is 2.33. The number of thioether (sulfide) groups is 1. The second kappa shape index (κ2) is 5.17. The van der Waals surface area contributed by atoms with Crippen LogP contribution in [-0.2, 0) is 11.2 Å². The zero-order valence-electron chi connectivity index (χ0n) is 10.7. The van der Waals surface area contributed by atoms with Gasteiger partial charge in [0.1, 0.15) is 0 Å². The monoisotopic (exact) mass is 273 g/mol. The maximum Gasteiger partial charge on any atom is 0.239 e. The summed E-state index contributed by atoms with van der Waals surface area (Å²) < 4.78 is 0. The average molecular weight is 273 g/mol. The van der Waals surface area contributed by atoms with Gasteiger partial charge in [0, 0.05) is 5.56 Å². The summed E-state index contributed by atoms with van der Waals surface area (Å²) in [6, 6.07) is 8.32. The van der Waals surface area contributed by atoms with Crippen LogP contribution in [0, 0.1) is 0 Å². The number of amidine groups is 1. The summed E-state index contributed by atoms with van der Waals surface area (Å²) in [4.78, 5) is 11.4. The number of nitrogens with zero attached hydrogens (tertiary/aromatic N) is 2. The molecule has 1 aromatic rings. The molecule has 1 atom stereocenters. The third-order valence-corrected chi connectivity index (χ3v) is 4.31. The summed E-state index contributed by atoms with van der Waals surface area (Å²) in [5.41, 5.74) is 3.55. The molecule has 0 aromatic heterocycles. The molecule has 1 aromatic carbocycles. The highest BCUT2D eigenvalue weighted by Crippen LogP contribution is 2.22. The van der Waals surface area contributed by atoms with Gasteiger partial charge >= 0.3 is 0 Å². The number of benzene rings is 1. The number of hydrogen-bond acceptors (Lipinski definition) is 4. The van der Waals surface area contributed by atoms with Crippen LogP contribution in [0.2, 0.25) is 0 Å². The van der Waals surface area contributed by atoms with E-state index in [-0.39, 0.29) is 11.2 Å². The normalized spacial score (nSPS) is 26.6. The third kappa shape index (κ3) is 2.56. The second-order valence-electron chi connectivity index (χ2n) is 4.71. The number of fused-ring (bicyclic) bond motifs is 1. The smallest absolute Gasteiger partial charge is 0.239 e. The molecule has 1 heterocycles. The number of hydrogen-bond donors (Lipinski definition) is 1. The summed E-state index contributed by atoms with van der Waals surface area (Å²) in [5.74, 6) is 0.00740. The van der Waals surface area contributed by atoms with Crippen molar-refractivity contribution in [3.63, 3.8) is 0 Å². The number of rotatable bonds is 1. The van der Waals surface area contributed by atoms with Crippen LogP contribution < -0.4 is 5.32 Å². The van der Waals surface area contributed by atoms with Crippen LogP contribution in [0.15, 0.2) is 34.5 Å². The molecule has 0 bridgehead atoms. The lowest BCUT2D eigenvalue weighted by atomic mass is 9.90. The van der Waals surface area contributed by atoms with Gasteiger partial charge in [0.2, 0.25) is 5.91 Å². The van der Waals surface area contributed by atoms with Crippen molar-refractivity contribution in [1.29, 1.82) is 0 Å². The molecule has 98 valence electrons. The fourth-order valence-electron chi connectivity index (χ4n) is 2.32. The first-order valence-corrected chi connectivity index (χ1v) is 7.32. The van der Waals surface area contributed by atoms with E-state index in [1.54, 1.807) is 0 Å². The van der Waals surface area contributed by atoms with Crippen LogP contribution in [0.5, 0.6) is 0 Å². The topological polar surface area (TPSA) is 53.8 Å². The fourth-order valence-corrected chi connectivity index (χ4v) is 3.06. The minimum absolute atomic E-state index is 0.00740. The molecule has 0 radical (unpaired) electrons. The van der Waals surface area contributed by atoms with E-state index in [2.05, 4.69) is 33.7 Å². The van der Waals surface area contributed by atoms with E-state index in [1.807, 2.05) is 13.0 Å². The predicted molar refractivity (Wildman–Crippen MR) is 78.5 cm³/mol. The van der Waals surface area contributed by atoms with Gasteiger partial charge in [-0.15, -0.1) is 5.10 Å². The van der Waals surface area contributed by atoms with Crippen LogP contribution in [0.1, 0.15) is 30.9 Å². The molecule has 1 fully saturated rings. The maximum atomic E-state index is 11.4. The Hall–Kier alpha value is -1.62. The van der Waals surface area contributed by atoms with E-state index in [4.69, 9.17) is 0 Å². The Morgan fingerprint density at radius 1 is 1.26 bits per heavy atom. The Labute approximate surface area is 116 Å². The quantitative estimate of drug-likeness (QED) is 0.798. The summed E-state index contributed by atoms with van der Waals surface area (Å²) in [7, 11) is 0. The van der Waals surface area contributed by atoms with Crippen LogP contribution in [0.25, 0.3) is 0 Å². The largest absolute Gasteiger partial charge is 0.303 e. The highest BCUT2D eigenvalue weighted by atomic mass is 32.2. The average Bonchev–Trinajstić information content (AvgIpc) is 2.75. The Balaban J connectivity index is 1.86. The van der Waals surface area contributed by atoms with Crippen molar-refractivity contribution in [2.24, 2.45) is 10.2 Å². The first-order chi connectivity index (χ1) is 9.24. The lowest BCUT2D eigenvalue weighted by Crippen LogP contribution is -2.23. The highest BCUT2D eigenvalue weighted by molar-refractivity contribution is 8.15. The van der Waals surface area contributed by atoms with E-state index >= 15 is 0 Å². The van der Waals surface area contributed by atoms with Gasteiger partial charge in [-0.3, -0.25) is 4.79 Å². The summed E-state index contributed by atoms with van der Waals surface area (Å²) in [6.07, 6.45) is 3.16. The minimum atomic E-state index is -0.0717. The zero-order valence-corrected chi connectivity index (χ0v) is 11.5. The molecule has 0 unspecified atom stereocenters. The van der Waals surface area contributed by atoms with Gasteiger partial charge in [0.05, 0.1) is 11.0 Å². The van der Waals surface area contributed by atoms with Gasteiger partial charge in [-0.05, 0) is 31.7 Å². The lowest BCUT2D eigenvalue weighted by molar-refractivity contribution is -0.118. The Morgan fingerprint density at radius 3 is 2.89 bits per heavy atom. The van der Waals surface area contributed by atoms with Gasteiger partial charge in [-0.2, -0.15) is 5.10 Å². The van der Waals surface area contributed by atoms with E-state index in [0.717, 1.165) is 25.0 Å². The molecule has 0 saturated carbocycles. The molecule has 2 aliphatic rings. The Kier molecular flexibility index (Phi) is 3.38. The van der Waals surface area contributed by atoms with E-state index < -0.39 is 0 Å². The van der Waals surface area contributed by atoms with Crippen molar-refractivity contribution >= 4 is 28.5 Å². The molecule has 0 spiro atoms. The third-order valence-electron chi connectivity index (χ3n) is 3.34. The number of nitrogens with one attached hydrogen (secondary N) is 1. The van der Waals surface area contributed by atoms with Crippen molar-refractivity contribution in [2.45, 2.75) is 31.4 Å². The van der Waals surface area contributed by atoms with Crippen LogP contribution >= 0.6 is 11.8 Å². The van der Waals surface area contributed by atoms with Crippen molar-refractivity contribution in [2.75, 3.05) is 0 Å². The first-order valence-electron chi connectivity index (χ1n) is 6.44. The Bertz CT molecular complexity index is 580. The summed E-state index contributed by atoms with van der Waals surface area (Å²) in [6.45, 7) is 1.87. The van der Waals surface area contributed by atoms with Crippen LogP contribution in [0.3, 0.4) is 0 Å². The number of carbonyl (C=O) groups is 1. The van der Waals surface area contributed by atoms with Gasteiger partial charge in [0.25, 0.3) is 0 Å². The second-order valence-corrected chi connectivity index (χ2v) is 6.04. The lowest BCUT2D eigenvalue weighted by Gasteiger charge is -2.16. The Morgan fingerprint density at radius 2 is 2.11 bits per heavy atom. The zero-order chi connectivity index (χ0) is 13.2. The molecule has 5 heteroatoms. The fraction of sp³-hybridized carbons (Fsp3) is 0.357. The number of carbonyl (C=O) groups excluding carboxylic acids is 1. The summed E-state index contributed by atoms with van der Waals surface area (Å²) >= 11 is 1.43. The van der Waals surface area contributed by atoms with Crippen molar-refractivity contribution in [1.82, 2.24) is 5.32 Å². The first kappa shape index (κ1) is 12.4. The van der Waals surface area contributed by atoms with Gasteiger partial charge in [-0.1, -0.05) is 36.0 Å². The maximum absolute atomic E-state index is 11.4. The molecular weight excluding hydrogens is 258 g/mol.